The minimum Gasteiger partial charge on any atom is -0.490 e. The minimum atomic E-state index is -0.451. The number of ether oxygens (including phenoxy) is 2. The Morgan fingerprint density at radius 3 is 2.51 bits per heavy atom. The van der Waals surface area contributed by atoms with Gasteiger partial charge in [0.1, 0.15) is 13.2 Å². The van der Waals surface area contributed by atoms with Gasteiger partial charge in [0.05, 0.1) is 22.8 Å². The third-order valence-electron chi connectivity index (χ3n) is 5.16. The van der Waals surface area contributed by atoms with Crippen LogP contribution in [-0.4, -0.2) is 17.7 Å². The fraction of sp³-hybridized carbons (Fsp3) is 0.148. The zero-order chi connectivity index (χ0) is 24.6. The van der Waals surface area contributed by atoms with Gasteiger partial charge in [-0.1, -0.05) is 65.3 Å². The van der Waals surface area contributed by atoms with Gasteiger partial charge in [0.15, 0.2) is 11.5 Å². The molecule has 4 aromatic rings. The fourth-order valence-electron chi connectivity index (χ4n) is 3.52. The highest BCUT2D eigenvalue weighted by atomic mass is 35.5. The van der Waals surface area contributed by atoms with Crippen molar-refractivity contribution in [3.8, 4) is 11.5 Å². The van der Waals surface area contributed by atoms with Crippen LogP contribution in [-0.2, 0) is 18.1 Å². The molecule has 0 aromatic heterocycles. The van der Waals surface area contributed by atoms with E-state index in [-0.39, 0.29) is 12.3 Å². The molecule has 35 heavy (non-hydrogen) atoms. The van der Waals surface area contributed by atoms with Crippen molar-refractivity contribution in [1.29, 1.82) is 0 Å². The highest BCUT2D eigenvalue weighted by molar-refractivity contribution is 6.32. The molecule has 7 nitrogen and oxygen atoms in total. The number of hydrogen-bond acceptors (Lipinski definition) is 6. The Kier molecular flexibility index (Phi) is 7.80. The van der Waals surface area contributed by atoms with Gasteiger partial charge in [-0.3, -0.25) is 10.1 Å². The Bertz CT molecular complexity index is 1370. The molecule has 0 fully saturated rings. The summed E-state index contributed by atoms with van der Waals surface area (Å²) in [5.74, 6) is 0.956. The SMILES string of the molecule is CCOc1cc(/C=N\OCc2cccc([N+](=O)[O-])c2)cc(Cl)c1OCc1ccc2ccccc2c1. The molecule has 0 aliphatic carbocycles. The summed E-state index contributed by atoms with van der Waals surface area (Å²) in [5, 5.41) is 17.5. The van der Waals surface area contributed by atoms with Crippen LogP contribution in [0.5, 0.6) is 11.5 Å². The van der Waals surface area contributed by atoms with Crippen molar-refractivity contribution in [2.75, 3.05) is 6.61 Å². The molecule has 4 rings (SSSR count). The van der Waals surface area contributed by atoms with Crippen molar-refractivity contribution < 1.29 is 19.2 Å². The third kappa shape index (κ3) is 6.28. The molecule has 0 N–H and O–H groups in total. The summed E-state index contributed by atoms with van der Waals surface area (Å²) in [6.07, 6.45) is 1.50. The van der Waals surface area contributed by atoms with E-state index in [0.717, 1.165) is 10.9 Å². The molecule has 0 unspecified atom stereocenters. The second-order valence-corrected chi connectivity index (χ2v) is 8.08. The number of benzene rings is 4. The van der Waals surface area contributed by atoms with E-state index in [1.165, 1.54) is 23.7 Å². The molecule has 0 heterocycles. The first-order chi connectivity index (χ1) is 17.0. The van der Waals surface area contributed by atoms with Gasteiger partial charge < -0.3 is 14.3 Å². The highest BCUT2D eigenvalue weighted by Gasteiger charge is 2.13. The van der Waals surface area contributed by atoms with Crippen LogP contribution in [0.15, 0.2) is 84.0 Å². The third-order valence-corrected chi connectivity index (χ3v) is 5.44. The average Bonchev–Trinajstić information content (AvgIpc) is 2.86. The van der Waals surface area contributed by atoms with E-state index in [1.807, 2.05) is 25.1 Å². The van der Waals surface area contributed by atoms with Crippen LogP contribution in [0.2, 0.25) is 5.02 Å². The van der Waals surface area contributed by atoms with Crippen LogP contribution in [0, 0.1) is 10.1 Å². The van der Waals surface area contributed by atoms with Crippen LogP contribution < -0.4 is 9.47 Å². The summed E-state index contributed by atoms with van der Waals surface area (Å²) in [6.45, 7) is 2.75. The molecule has 0 radical (unpaired) electrons. The first kappa shape index (κ1) is 24.0. The first-order valence-electron chi connectivity index (χ1n) is 11.0. The number of nitrogens with zero attached hydrogens (tertiary/aromatic N) is 2. The maximum Gasteiger partial charge on any atom is 0.269 e. The lowest BCUT2D eigenvalue weighted by molar-refractivity contribution is -0.384. The van der Waals surface area contributed by atoms with E-state index in [9.17, 15) is 10.1 Å². The molecular formula is C27H23ClN2O5. The van der Waals surface area contributed by atoms with Crippen LogP contribution in [0.4, 0.5) is 5.69 Å². The van der Waals surface area contributed by atoms with E-state index in [2.05, 4.69) is 29.4 Å². The van der Waals surface area contributed by atoms with E-state index < -0.39 is 4.92 Å². The lowest BCUT2D eigenvalue weighted by atomic mass is 10.1. The normalized spacial score (nSPS) is 11.0. The topological polar surface area (TPSA) is 83.2 Å². The highest BCUT2D eigenvalue weighted by Crippen LogP contribution is 2.37. The minimum absolute atomic E-state index is 0.00231. The largest absolute Gasteiger partial charge is 0.490 e. The van der Waals surface area contributed by atoms with E-state index in [4.69, 9.17) is 25.9 Å². The summed E-state index contributed by atoms with van der Waals surface area (Å²) < 4.78 is 11.8. The Hall–Kier alpha value is -4.10. The van der Waals surface area contributed by atoms with Gasteiger partial charge >= 0.3 is 0 Å². The lowest BCUT2D eigenvalue weighted by Crippen LogP contribution is -2.01. The number of fused-ring (bicyclic) bond motifs is 1. The monoisotopic (exact) mass is 490 g/mol. The van der Waals surface area contributed by atoms with Gasteiger partial charge in [-0.25, -0.2) is 0 Å². The van der Waals surface area contributed by atoms with Gasteiger partial charge in [-0.2, -0.15) is 0 Å². The first-order valence-corrected chi connectivity index (χ1v) is 11.4. The quantitative estimate of drug-likeness (QED) is 0.137. The number of rotatable bonds is 10. The Morgan fingerprint density at radius 2 is 1.71 bits per heavy atom. The summed E-state index contributed by atoms with van der Waals surface area (Å²) >= 11 is 6.52. The van der Waals surface area contributed by atoms with Gasteiger partial charge in [-0.05, 0) is 47.0 Å². The van der Waals surface area contributed by atoms with Crippen LogP contribution in [0.3, 0.4) is 0 Å². The zero-order valence-corrected chi connectivity index (χ0v) is 19.8. The summed E-state index contributed by atoms with van der Waals surface area (Å²) in [7, 11) is 0. The molecule has 0 saturated carbocycles. The van der Waals surface area contributed by atoms with E-state index in [0.29, 0.717) is 40.9 Å². The Morgan fingerprint density at radius 1 is 0.914 bits per heavy atom. The van der Waals surface area contributed by atoms with Crippen molar-refractivity contribution in [1.82, 2.24) is 0 Å². The summed E-state index contributed by atoms with van der Waals surface area (Å²) in [6, 6.07) is 24.0. The second kappa shape index (κ2) is 11.4. The van der Waals surface area contributed by atoms with E-state index >= 15 is 0 Å². The van der Waals surface area contributed by atoms with Crippen LogP contribution in [0.25, 0.3) is 10.8 Å². The molecule has 0 saturated heterocycles. The maximum absolute atomic E-state index is 10.9. The average molecular weight is 491 g/mol. The summed E-state index contributed by atoms with van der Waals surface area (Å²) in [5.41, 5.74) is 2.32. The Labute approximate surface area is 207 Å². The van der Waals surface area contributed by atoms with Crippen LogP contribution in [0.1, 0.15) is 23.6 Å². The molecule has 0 atom stereocenters. The zero-order valence-electron chi connectivity index (χ0n) is 19.0. The van der Waals surface area contributed by atoms with Crippen LogP contribution >= 0.6 is 11.6 Å². The predicted molar refractivity (Wildman–Crippen MR) is 136 cm³/mol. The fourth-order valence-corrected chi connectivity index (χ4v) is 3.79. The second-order valence-electron chi connectivity index (χ2n) is 7.67. The number of non-ortho nitro benzene ring substituents is 1. The molecule has 0 bridgehead atoms. The van der Waals surface area contributed by atoms with Crippen molar-refractivity contribution >= 4 is 34.3 Å². The Balaban J connectivity index is 1.44. The number of oxime groups is 1. The number of nitro groups is 1. The van der Waals surface area contributed by atoms with Crippen molar-refractivity contribution in [2.45, 2.75) is 20.1 Å². The smallest absolute Gasteiger partial charge is 0.269 e. The predicted octanol–water partition coefficient (Wildman–Crippen LogP) is 6.93. The molecule has 0 amide bonds. The van der Waals surface area contributed by atoms with Gasteiger partial charge in [-0.15, -0.1) is 0 Å². The molecule has 0 aliphatic heterocycles. The number of hydrogen-bond donors (Lipinski definition) is 0. The van der Waals surface area contributed by atoms with Gasteiger partial charge in [0.2, 0.25) is 0 Å². The molecule has 4 aromatic carbocycles. The van der Waals surface area contributed by atoms with Crippen molar-refractivity contribution in [3.05, 3.63) is 111 Å². The molecule has 178 valence electrons. The molecular weight excluding hydrogens is 468 g/mol. The molecule has 8 heteroatoms. The molecule has 0 aliphatic rings. The standard InChI is InChI=1S/C27H23ClN2O5/c1-2-33-26-15-21(16-29-35-18-19-6-5-9-24(13-19)30(31)32)14-25(28)27(26)34-17-20-10-11-22-7-3-4-8-23(22)12-20/h3-16H,2,17-18H2,1H3/b29-16-. The summed E-state index contributed by atoms with van der Waals surface area (Å²) in [4.78, 5) is 15.7. The van der Waals surface area contributed by atoms with Gasteiger partial charge in [0, 0.05) is 17.7 Å². The maximum atomic E-state index is 10.9. The number of nitro benzene ring substituents is 1. The number of halogens is 1. The van der Waals surface area contributed by atoms with Crippen molar-refractivity contribution in [2.24, 2.45) is 5.16 Å². The van der Waals surface area contributed by atoms with E-state index in [1.54, 1.807) is 24.3 Å². The van der Waals surface area contributed by atoms with Crippen molar-refractivity contribution in [3.63, 3.8) is 0 Å². The lowest BCUT2D eigenvalue weighted by Gasteiger charge is -2.14. The molecule has 0 spiro atoms. The van der Waals surface area contributed by atoms with Gasteiger partial charge in [0.25, 0.3) is 5.69 Å².